The number of carbonyl (C=O) groups is 1. The molecule has 0 saturated carbocycles. The average Bonchev–Trinajstić information content (AvgIpc) is 3.88. The van der Waals surface area contributed by atoms with Crippen LogP contribution in [0.25, 0.3) is 66.2 Å². The van der Waals surface area contributed by atoms with Gasteiger partial charge in [0.15, 0.2) is 0 Å². The Hall–Kier alpha value is -5.30. The normalized spacial score (nSPS) is 12.5. The first kappa shape index (κ1) is 32.3. The van der Waals surface area contributed by atoms with Crippen molar-refractivity contribution in [3.63, 3.8) is 0 Å². The predicted molar refractivity (Wildman–Crippen MR) is 201 cm³/mol. The first-order chi connectivity index (χ1) is 24.0. The molecule has 0 aliphatic carbocycles. The van der Waals surface area contributed by atoms with Gasteiger partial charge in [-0.15, -0.1) is 11.3 Å². The van der Waals surface area contributed by atoms with E-state index in [1.165, 1.54) is 59.2 Å². The van der Waals surface area contributed by atoms with Crippen molar-refractivity contribution < 1.29 is 14.6 Å². The molecule has 4 aromatic carbocycles. The predicted octanol–water partition coefficient (Wildman–Crippen LogP) is 10.8. The summed E-state index contributed by atoms with van der Waals surface area (Å²) in [6, 6.07) is 33.1. The van der Waals surface area contributed by atoms with E-state index in [1.807, 2.05) is 18.2 Å². The number of carboxylic acids is 1. The quantitative estimate of drug-likeness (QED) is 0.102. The van der Waals surface area contributed by atoms with Gasteiger partial charge in [0, 0.05) is 37.3 Å². The summed E-state index contributed by atoms with van der Waals surface area (Å²) >= 11 is 2.58. The second-order valence-corrected chi connectivity index (χ2v) is 13.7. The summed E-state index contributed by atoms with van der Waals surface area (Å²) in [6.45, 7) is 5.22. The summed E-state index contributed by atoms with van der Waals surface area (Å²) in [7, 11) is 0. The molecule has 49 heavy (non-hydrogen) atoms. The Balaban J connectivity index is 1.25. The smallest absolute Gasteiger partial charge is 0.346 e. The fraction of sp³-hybridized carbons (Fsp3) is 0.200. The minimum atomic E-state index is -1.24. The van der Waals surface area contributed by atoms with Crippen LogP contribution in [0.3, 0.4) is 0 Å². The molecule has 9 heteroatoms. The number of hydrogen-bond acceptors (Lipinski definition) is 7. The molecule has 3 heterocycles. The molecule has 0 aliphatic heterocycles. The number of benzene rings is 4. The number of nitriles is 1. The summed E-state index contributed by atoms with van der Waals surface area (Å²) < 4.78 is 17.9. The second-order valence-electron chi connectivity index (χ2n) is 12.1. The van der Waals surface area contributed by atoms with E-state index < -0.39 is 5.97 Å². The monoisotopic (exact) mass is 682 g/mol. The van der Waals surface area contributed by atoms with Crippen molar-refractivity contribution in [1.82, 2.24) is 13.3 Å². The number of carboxylic acid groups (broad SMARTS) is 1. The fourth-order valence-corrected chi connectivity index (χ4v) is 7.93. The molecular weight excluding hydrogens is 649 g/mol. The molecule has 7 aromatic rings. The minimum absolute atomic E-state index is 0.302. The van der Waals surface area contributed by atoms with Gasteiger partial charge >= 0.3 is 5.97 Å². The second kappa shape index (κ2) is 14.0. The average molecular weight is 683 g/mol. The Morgan fingerprint density at radius 1 is 0.939 bits per heavy atom. The molecule has 244 valence electrons. The number of rotatable bonds is 12. The van der Waals surface area contributed by atoms with E-state index in [9.17, 15) is 15.2 Å². The molecule has 1 unspecified atom stereocenters. The molecule has 0 spiro atoms. The zero-order chi connectivity index (χ0) is 33.9. The van der Waals surface area contributed by atoms with Crippen LogP contribution in [0, 0.1) is 17.2 Å². The lowest BCUT2D eigenvalue weighted by molar-refractivity contribution is -0.132. The summed E-state index contributed by atoms with van der Waals surface area (Å²) in [5.74, 6) is 0.221. The lowest BCUT2D eigenvalue weighted by Crippen LogP contribution is -2.11. The van der Waals surface area contributed by atoms with Crippen LogP contribution in [0.5, 0.6) is 5.75 Å². The number of aliphatic carboxylic acids is 1. The largest absolute Gasteiger partial charge is 0.493 e. The highest BCUT2D eigenvalue weighted by Crippen LogP contribution is 2.40. The van der Waals surface area contributed by atoms with Crippen molar-refractivity contribution in [1.29, 1.82) is 5.26 Å². The molecule has 1 N–H and O–H groups in total. The molecule has 1 atom stereocenters. The minimum Gasteiger partial charge on any atom is -0.493 e. The van der Waals surface area contributed by atoms with Gasteiger partial charge in [-0.2, -0.15) is 14.0 Å². The lowest BCUT2D eigenvalue weighted by Gasteiger charge is -2.16. The molecule has 0 fully saturated rings. The van der Waals surface area contributed by atoms with E-state index in [4.69, 9.17) is 9.11 Å². The van der Waals surface area contributed by atoms with Crippen molar-refractivity contribution in [3.8, 4) is 39.1 Å². The Morgan fingerprint density at radius 3 is 2.45 bits per heavy atom. The van der Waals surface area contributed by atoms with Crippen molar-refractivity contribution >= 4 is 67.9 Å². The number of para-hydroxylation sites is 1. The number of nitrogens with zero attached hydrogens (tertiary/aromatic N) is 4. The van der Waals surface area contributed by atoms with Crippen LogP contribution in [0.15, 0.2) is 96.6 Å². The van der Waals surface area contributed by atoms with Gasteiger partial charge in [0.1, 0.15) is 28.4 Å². The molecule has 7 rings (SSSR count). The molecule has 0 amide bonds. The Labute approximate surface area is 292 Å². The zero-order valence-corrected chi connectivity index (χ0v) is 28.9. The van der Waals surface area contributed by atoms with Crippen molar-refractivity contribution in [3.05, 3.63) is 101 Å². The maximum Gasteiger partial charge on any atom is 0.346 e. The highest BCUT2D eigenvalue weighted by molar-refractivity contribution is 7.16. The van der Waals surface area contributed by atoms with Gasteiger partial charge in [-0.3, -0.25) is 0 Å². The van der Waals surface area contributed by atoms with Gasteiger partial charge in [-0.1, -0.05) is 75.6 Å². The number of aromatic nitrogens is 3. The number of ether oxygens (including phenoxy) is 1. The molecule has 0 bridgehead atoms. The van der Waals surface area contributed by atoms with Crippen LogP contribution >= 0.6 is 23.1 Å². The van der Waals surface area contributed by atoms with Gasteiger partial charge in [0.05, 0.1) is 29.4 Å². The standard InChI is InChI=1S/C40H34N4O3S2/c1-3-5-8-25(4-2)24-47-29-14-12-28(13-15-29)44-35-10-7-6-9-32(35)33-17-11-26(22-36(33)44)31-18-19-34(39-38(31)42-49-43-39)37-20-16-30(48-37)21-27(23-41)40(45)46/h6-7,9-22,25H,3-5,8,24H2,1-2H3,(H,45,46)/b27-21+. The maximum atomic E-state index is 11.3. The zero-order valence-electron chi connectivity index (χ0n) is 27.2. The fourth-order valence-electron chi connectivity index (χ4n) is 6.38. The summed E-state index contributed by atoms with van der Waals surface area (Å²) in [6.07, 6.45) is 6.16. The van der Waals surface area contributed by atoms with Crippen LogP contribution in [-0.2, 0) is 4.79 Å². The Bertz CT molecular complexity index is 2380. The summed E-state index contributed by atoms with van der Waals surface area (Å²) in [5, 5.41) is 20.8. The van der Waals surface area contributed by atoms with Gasteiger partial charge in [-0.25, -0.2) is 4.79 Å². The van der Waals surface area contributed by atoms with Crippen molar-refractivity contribution in [2.45, 2.75) is 39.5 Å². The molecular formula is C40H34N4O3S2. The van der Waals surface area contributed by atoms with E-state index in [2.05, 4.69) is 95.6 Å². The van der Waals surface area contributed by atoms with Crippen molar-refractivity contribution in [2.24, 2.45) is 5.92 Å². The van der Waals surface area contributed by atoms with Crippen molar-refractivity contribution in [2.75, 3.05) is 6.61 Å². The molecule has 0 aliphatic rings. The van der Waals surface area contributed by atoms with Gasteiger partial charge in [0.2, 0.25) is 0 Å². The third-order valence-corrected chi connectivity index (χ3v) is 10.6. The summed E-state index contributed by atoms with van der Waals surface area (Å²) in [5.41, 5.74) is 7.53. The van der Waals surface area contributed by atoms with Gasteiger partial charge in [0.25, 0.3) is 0 Å². The molecule has 0 radical (unpaired) electrons. The third kappa shape index (κ3) is 6.33. The van der Waals surface area contributed by atoms with Crippen LogP contribution < -0.4 is 4.74 Å². The first-order valence-electron chi connectivity index (χ1n) is 16.5. The Kier molecular flexibility index (Phi) is 9.25. The highest BCUT2D eigenvalue weighted by Gasteiger charge is 2.18. The maximum absolute atomic E-state index is 11.3. The first-order valence-corrected chi connectivity index (χ1v) is 18.0. The van der Waals surface area contributed by atoms with Crippen LogP contribution in [0.2, 0.25) is 0 Å². The molecule has 7 nitrogen and oxygen atoms in total. The molecule has 0 saturated heterocycles. The van der Waals surface area contributed by atoms with E-state index >= 15 is 0 Å². The SMILES string of the molecule is CCCCC(CC)COc1ccc(-n2c3ccccc3c3ccc(-c4ccc(-c5ccc(/C=C(\C#N)C(=O)O)s5)c5nsnc45)cc32)cc1. The third-order valence-electron chi connectivity index (χ3n) is 9.05. The highest BCUT2D eigenvalue weighted by atomic mass is 32.1. The number of thiophene rings is 1. The van der Waals surface area contributed by atoms with E-state index in [0.29, 0.717) is 10.8 Å². The van der Waals surface area contributed by atoms with Crippen LogP contribution in [0.4, 0.5) is 0 Å². The number of hydrogen-bond donors (Lipinski definition) is 1. The number of fused-ring (bicyclic) bond motifs is 4. The number of unbranched alkanes of at least 4 members (excludes halogenated alkanes) is 1. The molecule has 3 aromatic heterocycles. The van der Waals surface area contributed by atoms with Gasteiger partial charge < -0.3 is 14.4 Å². The topological polar surface area (TPSA) is 101 Å². The van der Waals surface area contributed by atoms with E-state index in [0.717, 1.165) is 68.1 Å². The van der Waals surface area contributed by atoms with Crippen LogP contribution in [-0.4, -0.2) is 31.0 Å². The summed E-state index contributed by atoms with van der Waals surface area (Å²) in [4.78, 5) is 13.0. The van der Waals surface area contributed by atoms with E-state index in [-0.39, 0.29) is 5.57 Å². The Morgan fingerprint density at radius 2 is 1.69 bits per heavy atom. The van der Waals surface area contributed by atoms with Crippen LogP contribution in [0.1, 0.15) is 44.4 Å². The van der Waals surface area contributed by atoms with Gasteiger partial charge in [-0.05, 0) is 72.5 Å². The van der Waals surface area contributed by atoms with E-state index in [1.54, 1.807) is 6.07 Å². The lowest BCUT2D eigenvalue weighted by atomic mass is 9.99.